The molecule has 0 radical (unpaired) electrons. The molecule has 3 heteroatoms. The smallest absolute Gasteiger partial charge is 0.0468 e. The summed E-state index contributed by atoms with van der Waals surface area (Å²) in [7, 11) is 0. The molecule has 0 aliphatic carbocycles. The second-order valence-electron chi connectivity index (χ2n) is 14.6. The van der Waals surface area contributed by atoms with Crippen LogP contribution in [0, 0.1) is 0 Å². The molecule has 0 atom stereocenters. The zero-order valence-corrected chi connectivity index (χ0v) is 32.7. The Morgan fingerprint density at radius 2 is 0.719 bits per heavy atom. The molecule has 0 amide bonds. The van der Waals surface area contributed by atoms with Gasteiger partial charge in [0.2, 0.25) is 0 Å². The van der Waals surface area contributed by atoms with Crippen LogP contribution < -0.4 is 4.90 Å². The predicted molar refractivity (Wildman–Crippen MR) is 253 cm³/mol. The van der Waals surface area contributed by atoms with Crippen LogP contribution in [-0.4, -0.2) is 0 Å². The fourth-order valence-electron chi connectivity index (χ4n) is 8.68. The summed E-state index contributed by atoms with van der Waals surface area (Å²) >= 11 is 3.71. The molecule has 0 saturated heterocycles. The molecule has 57 heavy (non-hydrogen) atoms. The first kappa shape index (κ1) is 33.5. The summed E-state index contributed by atoms with van der Waals surface area (Å²) in [5.74, 6) is 0. The molecule has 2 aromatic heterocycles. The van der Waals surface area contributed by atoms with E-state index in [9.17, 15) is 0 Å². The van der Waals surface area contributed by atoms with Crippen molar-refractivity contribution in [1.29, 1.82) is 0 Å². The minimum Gasteiger partial charge on any atom is -0.310 e. The molecule has 11 rings (SSSR count). The van der Waals surface area contributed by atoms with Crippen molar-refractivity contribution in [2.45, 2.75) is 0 Å². The second-order valence-corrected chi connectivity index (χ2v) is 16.7. The average molecular weight is 762 g/mol. The number of hydrogen-bond donors (Lipinski definition) is 0. The molecule has 11 aromatic rings. The van der Waals surface area contributed by atoms with E-state index in [2.05, 4.69) is 194 Å². The summed E-state index contributed by atoms with van der Waals surface area (Å²) in [6.45, 7) is 8.48. The highest BCUT2D eigenvalue weighted by atomic mass is 32.1. The van der Waals surface area contributed by atoms with Crippen molar-refractivity contribution < 1.29 is 0 Å². The van der Waals surface area contributed by atoms with Gasteiger partial charge in [-0.05, 0) is 128 Å². The zero-order valence-electron chi connectivity index (χ0n) is 31.1. The van der Waals surface area contributed by atoms with Gasteiger partial charge in [-0.25, -0.2) is 0 Å². The number of fused-ring (bicyclic) bond motifs is 9. The van der Waals surface area contributed by atoms with E-state index in [-0.39, 0.29) is 0 Å². The van der Waals surface area contributed by atoms with Crippen LogP contribution in [0.2, 0.25) is 0 Å². The molecule has 0 aliphatic heterocycles. The Kier molecular flexibility index (Phi) is 7.92. The van der Waals surface area contributed by atoms with E-state index in [1.807, 2.05) is 34.8 Å². The summed E-state index contributed by atoms with van der Waals surface area (Å²) < 4.78 is 5.28. The van der Waals surface area contributed by atoms with Crippen molar-refractivity contribution in [3.05, 3.63) is 200 Å². The third-order valence-electron chi connectivity index (χ3n) is 11.4. The third-order valence-corrected chi connectivity index (χ3v) is 13.7. The lowest BCUT2D eigenvalue weighted by Gasteiger charge is -2.27. The molecule has 0 bridgehead atoms. The average Bonchev–Trinajstić information content (AvgIpc) is 3.84. The van der Waals surface area contributed by atoms with Crippen molar-refractivity contribution in [1.82, 2.24) is 0 Å². The van der Waals surface area contributed by atoms with E-state index in [1.165, 1.54) is 78.8 Å². The summed E-state index contributed by atoms with van der Waals surface area (Å²) in [5, 5.41) is 10.0. The fourth-order valence-corrected chi connectivity index (χ4v) is 10.8. The number of rotatable bonds is 7. The van der Waals surface area contributed by atoms with E-state index >= 15 is 0 Å². The minimum atomic E-state index is 1.08. The Morgan fingerprint density at radius 3 is 1.25 bits per heavy atom. The van der Waals surface area contributed by atoms with Crippen LogP contribution in [0.4, 0.5) is 17.1 Å². The Balaban J connectivity index is 1.04. The standard InChI is InChI=1S/C54H35NS2/c1-3-41-42(4-2)48-33-40(27-28-45(48)44-12-6-5-11-43(41)44)55(38-23-17-34(18-24-38)36-21-29-53-49(31-36)46-13-7-9-15-51(46)56-53)39-25-19-35(20-26-39)37-22-30-54-50(32-37)47-14-8-10-16-52(47)57-54/h3-33H,1-2H2. The number of thiophene rings is 2. The molecule has 0 unspecified atom stereocenters. The Morgan fingerprint density at radius 1 is 0.316 bits per heavy atom. The molecule has 2 heterocycles. The molecule has 0 spiro atoms. The third kappa shape index (κ3) is 5.50. The summed E-state index contributed by atoms with van der Waals surface area (Å²) in [6.07, 6.45) is 3.94. The van der Waals surface area contributed by atoms with Crippen LogP contribution in [-0.2, 0) is 0 Å². The van der Waals surface area contributed by atoms with Crippen molar-refractivity contribution in [3.63, 3.8) is 0 Å². The van der Waals surface area contributed by atoms with E-state index in [1.54, 1.807) is 0 Å². The van der Waals surface area contributed by atoms with Crippen LogP contribution in [0.1, 0.15) is 11.1 Å². The molecule has 0 N–H and O–H groups in total. The molecule has 268 valence electrons. The van der Waals surface area contributed by atoms with Crippen LogP contribution in [0.25, 0.3) is 96.3 Å². The summed E-state index contributed by atoms with van der Waals surface area (Å²) in [4.78, 5) is 2.37. The topological polar surface area (TPSA) is 3.24 Å². The first-order valence-corrected chi connectivity index (χ1v) is 20.9. The molecule has 0 saturated carbocycles. The van der Waals surface area contributed by atoms with Gasteiger partial charge in [-0.15, -0.1) is 22.7 Å². The van der Waals surface area contributed by atoms with E-state index in [4.69, 9.17) is 0 Å². The van der Waals surface area contributed by atoms with Crippen molar-refractivity contribution >= 4 is 114 Å². The maximum Gasteiger partial charge on any atom is 0.0468 e. The zero-order chi connectivity index (χ0) is 38.0. The maximum atomic E-state index is 4.27. The van der Waals surface area contributed by atoms with Crippen molar-refractivity contribution in [3.8, 4) is 22.3 Å². The van der Waals surface area contributed by atoms with E-state index in [0.717, 1.165) is 33.6 Å². The highest BCUT2D eigenvalue weighted by Gasteiger charge is 2.18. The van der Waals surface area contributed by atoms with Crippen LogP contribution >= 0.6 is 22.7 Å². The first-order valence-electron chi connectivity index (χ1n) is 19.2. The molecule has 9 aromatic carbocycles. The fraction of sp³-hybridized carbons (Fsp3) is 0. The maximum absolute atomic E-state index is 4.27. The van der Waals surface area contributed by atoms with E-state index < -0.39 is 0 Å². The van der Waals surface area contributed by atoms with Gasteiger partial charge in [0.15, 0.2) is 0 Å². The molecule has 0 aliphatic rings. The SMILES string of the molecule is C=Cc1c(C=C)c2cc(N(c3ccc(-c4ccc5sc6ccccc6c5c4)cc3)c3ccc(-c4ccc5sc6ccccc6c5c4)cc3)ccc2c2ccccc12. The lowest BCUT2D eigenvalue weighted by molar-refractivity contribution is 1.29. The van der Waals surface area contributed by atoms with Crippen LogP contribution in [0.15, 0.2) is 189 Å². The number of anilines is 3. The van der Waals surface area contributed by atoms with Gasteiger partial charge in [-0.3, -0.25) is 0 Å². The first-order chi connectivity index (χ1) is 28.1. The normalized spacial score (nSPS) is 11.6. The summed E-state index contributed by atoms with van der Waals surface area (Å²) in [5.41, 5.74) is 10.3. The molecule has 1 nitrogen and oxygen atoms in total. The Bertz CT molecular complexity index is 3220. The predicted octanol–water partition coefficient (Wildman–Crippen LogP) is 16.8. The van der Waals surface area contributed by atoms with Crippen molar-refractivity contribution in [2.24, 2.45) is 0 Å². The highest BCUT2D eigenvalue weighted by Crippen LogP contribution is 2.43. The largest absolute Gasteiger partial charge is 0.310 e. The van der Waals surface area contributed by atoms with Gasteiger partial charge in [-0.1, -0.05) is 128 Å². The van der Waals surface area contributed by atoms with Gasteiger partial charge in [0.1, 0.15) is 0 Å². The molecular formula is C54H35NS2. The van der Waals surface area contributed by atoms with Crippen molar-refractivity contribution in [2.75, 3.05) is 4.90 Å². The number of nitrogens with zero attached hydrogens (tertiary/aromatic N) is 1. The van der Waals surface area contributed by atoms with Gasteiger partial charge in [0.25, 0.3) is 0 Å². The quantitative estimate of drug-likeness (QED) is 0.146. The van der Waals surface area contributed by atoms with Crippen LogP contribution in [0.3, 0.4) is 0 Å². The van der Waals surface area contributed by atoms with Crippen LogP contribution in [0.5, 0.6) is 0 Å². The Hall–Kier alpha value is -6.78. The van der Waals surface area contributed by atoms with E-state index in [0.29, 0.717) is 0 Å². The lowest BCUT2D eigenvalue weighted by Crippen LogP contribution is -2.10. The lowest BCUT2D eigenvalue weighted by atomic mass is 9.91. The van der Waals surface area contributed by atoms with Gasteiger partial charge < -0.3 is 4.90 Å². The second kappa shape index (κ2) is 13.5. The van der Waals surface area contributed by atoms with Gasteiger partial charge in [0, 0.05) is 57.4 Å². The van der Waals surface area contributed by atoms with Gasteiger partial charge >= 0.3 is 0 Å². The summed E-state index contributed by atoms with van der Waals surface area (Å²) in [6, 6.07) is 64.6. The highest BCUT2D eigenvalue weighted by molar-refractivity contribution is 7.26. The molecule has 0 fully saturated rings. The molecular weight excluding hydrogens is 727 g/mol. The Labute approximate surface area is 339 Å². The number of benzene rings is 9. The van der Waals surface area contributed by atoms with Gasteiger partial charge in [0.05, 0.1) is 0 Å². The van der Waals surface area contributed by atoms with Gasteiger partial charge in [-0.2, -0.15) is 0 Å². The monoisotopic (exact) mass is 761 g/mol. The minimum absolute atomic E-state index is 1.08. The number of hydrogen-bond acceptors (Lipinski definition) is 3.